The summed E-state index contributed by atoms with van der Waals surface area (Å²) in [5.74, 6) is 0. The highest BCUT2D eigenvalue weighted by Crippen LogP contribution is 2.24. The van der Waals surface area contributed by atoms with E-state index in [1.165, 1.54) is 21.9 Å². The molecule has 66 valence electrons. The molecule has 0 atom stereocenters. The Morgan fingerprint density at radius 1 is 0.846 bits per heavy atom. The van der Waals surface area contributed by atoms with Gasteiger partial charge in [0.25, 0.3) is 0 Å². The van der Waals surface area contributed by atoms with Crippen molar-refractivity contribution in [1.29, 1.82) is 0 Å². The van der Waals surface area contributed by atoms with E-state index in [4.69, 9.17) is 11.6 Å². The molecule has 0 spiro atoms. The molecule has 0 saturated carbocycles. The van der Waals surface area contributed by atoms with Crippen LogP contribution < -0.4 is 0 Å². The summed E-state index contributed by atoms with van der Waals surface area (Å²) in [7, 11) is 0. The van der Waals surface area contributed by atoms with Gasteiger partial charge in [-0.1, -0.05) is 29.8 Å². The monoisotopic (exact) mass is 190 g/mol. The quantitative estimate of drug-likeness (QED) is 0.587. The first kappa shape index (κ1) is 8.58. The van der Waals surface area contributed by atoms with Crippen molar-refractivity contribution >= 4 is 22.4 Å². The number of aryl methyl sites for hydroxylation is 2. The largest absolute Gasteiger partial charge is 0.0843 e. The molecule has 0 saturated heterocycles. The fourth-order valence-electron chi connectivity index (χ4n) is 1.62. The summed E-state index contributed by atoms with van der Waals surface area (Å²) in [5, 5.41) is 3.36. The molecule has 0 bridgehead atoms. The molecule has 0 aliphatic carbocycles. The molecule has 2 rings (SSSR count). The summed E-state index contributed by atoms with van der Waals surface area (Å²) in [6, 6.07) is 10.3. The lowest BCUT2D eigenvalue weighted by Gasteiger charge is -2.05. The van der Waals surface area contributed by atoms with Crippen LogP contribution in [0.3, 0.4) is 0 Å². The third-order valence-electron chi connectivity index (χ3n) is 2.41. The Kier molecular flexibility index (Phi) is 2.01. The van der Waals surface area contributed by atoms with E-state index in [0.29, 0.717) is 0 Å². The normalized spacial score (nSPS) is 10.7. The van der Waals surface area contributed by atoms with Crippen molar-refractivity contribution in [3.63, 3.8) is 0 Å². The van der Waals surface area contributed by atoms with Crippen molar-refractivity contribution in [1.82, 2.24) is 0 Å². The smallest absolute Gasteiger partial charge is 0.0412 e. The van der Waals surface area contributed by atoms with Gasteiger partial charge in [0.1, 0.15) is 0 Å². The first-order valence-electron chi connectivity index (χ1n) is 4.34. The van der Waals surface area contributed by atoms with Gasteiger partial charge in [-0.3, -0.25) is 0 Å². The SMILES string of the molecule is Cc1ccc(C)c2cc(Cl)ccc12. The van der Waals surface area contributed by atoms with Gasteiger partial charge in [-0.2, -0.15) is 0 Å². The molecule has 0 heterocycles. The molecule has 2 aromatic rings. The molecule has 0 aliphatic heterocycles. The van der Waals surface area contributed by atoms with E-state index in [1.54, 1.807) is 0 Å². The van der Waals surface area contributed by atoms with Crippen LogP contribution in [0.15, 0.2) is 30.3 Å². The highest BCUT2D eigenvalue weighted by atomic mass is 35.5. The number of hydrogen-bond donors (Lipinski definition) is 0. The lowest BCUT2D eigenvalue weighted by molar-refractivity contribution is 1.46. The maximum Gasteiger partial charge on any atom is 0.0412 e. The van der Waals surface area contributed by atoms with Gasteiger partial charge in [0.15, 0.2) is 0 Å². The minimum Gasteiger partial charge on any atom is -0.0843 e. The Hall–Kier alpha value is -1.01. The maximum atomic E-state index is 5.94. The van der Waals surface area contributed by atoms with Crippen LogP contribution in [0, 0.1) is 13.8 Å². The molecule has 0 N–H and O–H groups in total. The predicted octanol–water partition coefficient (Wildman–Crippen LogP) is 4.11. The number of benzene rings is 2. The lowest BCUT2D eigenvalue weighted by atomic mass is 10.0. The molecule has 0 nitrogen and oxygen atoms in total. The van der Waals surface area contributed by atoms with Crippen LogP contribution in [0.5, 0.6) is 0 Å². The standard InChI is InChI=1S/C12H11Cl/c1-8-3-4-9(2)12-7-10(13)5-6-11(8)12/h3-7H,1-2H3. The van der Waals surface area contributed by atoms with Crippen LogP contribution >= 0.6 is 11.6 Å². The van der Waals surface area contributed by atoms with Crippen molar-refractivity contribution in [3.05, 3.63) is 46.5 Å². The van der Waals surface area contributed by atoms with Crippen LogP contribution in [-0.2, 0) is 0 Å². The number of halogens is 1. The summed E-state index contributed by atoms with van der Waals surface area (Å²) < 4.78 is 0. The summed E-state index contributed by atoms with van der Waals surface area (Å²) in [6.07, 6.45) is 0. The van der Waals surface area contributed by atoms with Crippen molar-refractivity contribution in [2.75, 3.05) is 0 Å². The average molecular weight is 191 g/mol. The number of fused-ring (bicyclic) bond motifs is 1. The molecule has 0 fully saturated rings. The van der Waals surface area contributed by atoms with Crippen LogP contribution in [0.2, 0.25) is 5.02 Å². The predicted molar refractivity (Wildman–Crippen MR) is 58.4 cm³/mol. The van der Waals surface area contributed by atoms with Gasteiger partial charge in [0, 0.05) is 5.02 Å². The molecule has 1 heteroatoms. The van der Waals surface area contributed by atoms with E-state index in [1.807, 2.05) is 12.1 Å². The summed E-state index contributed by atoms with van der Waals surface area (Å²) >= 11 is 5.94. The van der Waals surface area contributed by atoms with Crippen LogP contribution in [0.1, 0.15) is 11.1 Å². The molecule has 0 amide bonds. The maximum absolute atomic E-state index is 5.94. The van der Waals surface area contributed by atoms with Crippen molar-refractivity contribution in [2.24, 2.45) is 0 Å². The second-order valence-electron chi connectivity index (χ2n) is 3.39. The molecular weight excluding hydrogens is 180 g/mol. The lowest BCUT2D eigenvalue weighted by Crippen LogP contribution is -1.82. The van der Waals surface area contributed by atoms with Crippen molar-refractivity contribution in [2.45, 2.75) is 13.8 Å². The molecule has 13 heavy (non-hydrogen) atoms. The number of rotatable bonds is 0. The van der Waals surface area contributed by atoms with Crippen molar-refractivity contribution < 1.29 is 0 Å². The van der Waals surface area contributed by atoms with Gasteiger partial charge in [0.2, 0.25) is 0 Å². The van der Waals surface area contributed by atoms with E-state index in [-0.39, 0.29) is 0 Å². The van der Waals surface area contributed by atoms with Gasteiger partial charge in [-0.25, -0.2) is 0 Å². The first-order valence-corrected chi connectivity index (χ1v) is 4.72. The Balaban J connectivity index is 2.92. The highest BCUT2D eigenvalue weighted by molar-refractivity contribution is 6.31. The summed E-state index contributed by atoms with van der Waals surface area (Å²) in [4.78, 5) is 0. The highest BCUT2D eigenvalue weighted by Gasteiger charge is 2.00. The van der Waals surface area contributed by atoms with Crippen molar-refractivity contribution in [3.8, 4) is 0 Å². The third-order valence-corrected chi connectivity index (χ3v) is 2.65. The Bertz CT molecular complexity index is 458. The summed E-state index contributed by atoms with van der Waals surface area (Å²) in [6.45, 7) is 4.23. The Morgan fingerprint density at radius 3 is 2.15 bits per heavy atom. The Labute approximate surface area is 83.1 Å². The minimum absolute atomic E-state index is 0.807. The molecular formula is C12H11Cl. The zero-order valence-corrected chi connectivity index (χ0v) is 8.52. The van der Waals surface area contributed by atoms with Crippen LogP contribution in [0.4, 0.5) is 0 Å². The van der Waals surface area contributed by atoms with E-state index in [9.17, 15) is 0 Å². The molecule has 0 aromatic heterocycles. The second-order valence-corrected chi connectivity index (χ2v) is 3.83. The first-order chi connectivity index (χ1) is 6.18. The average Bonchev–Trinajstić information content (AvgIpc) is 2.12. The van der Waals surface area contributed by atoms with Gasteiger partial charge < -0.3 is 0 Å². The van der Waals surface area contributed by atoms with Crippen LogP contribution in [0.25, 0.3) is 10.8 Å². The fraction of sp³-hybridized carbons (Fsp3) is 0.167. The molecule has 0 radical (unpaired) electrons. The molecule has 0 unspecified atom stereocenters. The van der Waals surface area contributed by atoms with E-state index < -0.39 is 0 Å². The Morgan fingerprint density at radius 2 is 1.46 bits per heavy atom. The zero-order valence-electron chi connectivity index (χ0n) is 7.76. The molecule has 0 aliphatic rings. The van der Waals surface area contributed by atoms with Gasteiger partial charge in [-0.05, 0) is 47.9 Å². The van der Waals surface area contributed by atoms with E-state index >= 15 is 0 Å². The summed E-state index contributed by atoms with van der Waals surface area (Å²) in [5.41, 5.74) is 2.58. The van der Waals surface area contributed by atoms with E-state index in [2.05, 4.69) is 32.0 Å². The number of hydrogen-bond acceptors (Lipinski definition) is 0. The van der Waals surface area contributed by atoms with E-state index in [0.717, 1.165) is 5.02 Å². The third kappa shape index (κ3) is 1.42. The molecule has 2 aromatic carbocycles. The topological polar surface area (TPSA) is 0 Å². The van der Waals surface area contributed by atoms with Gasteiger partial charge >= 0.3 is 0 Å². The van der Waals surface area contributed by atoms with Gasteiger partial charge in [0.05, 0.1) is 0 Å². The fourth-order valence-corrected chi connectivity index (χ4v) is 1.79. The zero-order chi connectivity index (χ0) is 9.42. The van der Waals surface area contributed by atoms with Gasteiger partial charge in [-0.15, -0.1) is 0 Å². The second kappa shape index (κ2) is 3.04. The minimum atomic E-state index is 0.807. The van der Waals surface area contributed by atoms with Crippen LogP contribution in [-0.4, -0.2) is 0 Å².